The molecular weight excluding hydrogens is 384 g/mol. The third-order valence-corrected chi connectivity index (χ3v) is 5.12. The van der Waals surface area contributed by atoms with Crippen molar-refractivity contribution in [3.8, 4) is 10.7 Å². The number of aromatic amines is 1. The molecule has 0 saturated heterocycles. The number of amides is 1. The number of thiophene rings is 1. The summed E-state index contributed by atoms with van der Waals surface area (Å²) in [7, 11) is 0. The van der Waals surface area contributed by atoms with Gasteiger partial charge in [-0.3, -0.25) is 9.89 Å². The Kier molecular flexibility index (Phi) is 4.91. The van der Waals surface area contributed by atoms with E-state index in [0.717, 1.165) is 20.9 Å². The number of aromatic nitrogens is 3. The minimum absolute atomic E-state index is 0.0978. The van der Waals surface area contributed by atoms with E-state index >= 15 is 0 Å². The van der Waals surface area contributed by atoms with Crippen molar-refractivity contribution in [1.82, 2.24) is 15.2 Å². The molecule has 0 fully saturated rings. The molecule has 0 spiro atoms. The first kappa shape index (κ1) is 15.3. The number of nitrogens with zero attached hydrogens (tertiary/aromatic N) is 2. The number of para-hydroxylation sites is 1. The molecule has 0 bridgehead atoms. The van der Waals surface area contributed by atoms with Crippen molar-refractivity contribution < 1.29 is 4.79 Å². The molecule has 0 aliphatic carbocycles. The molecule has 0 aliphatic rings. The molecule has 0 radical (unpaired) electrons. The average Bonchev–Trinajstić information content (AvgIpc) is 3.18. The van der Waals surface area contributed by atoms with E-state index in [1.54, 1.807) is 11.3 Å². The van der Waals surface area contributed by atoms with Crippen LogP contribution in [0.25, 0.3) is 10.7 Å². The van der Waals surface area contributed by atoms with E-state index in [4.69, 9.17) is 0 Å². The fourth-order valence-electron chi connectivity index (χ4n) is 1.71. The number of anilines is 1. The van der Waals surface area contributed by atoms with E-state index in [1.165, 1.54) is 11.8 Å². The van der Waals surface area contributed by atoms with Crippen molar-refractivity contribution in [2.75, 3.05) is 11.1 Å². The lowest BCUT2D eigenvalue weighted by atomic mass is 10.3. The van der Waals surface area contributed by atoms with Gasteiger partial charge in [0.25, 0.3) is 0 Å². The van der Waals surface area contributed by atoms with Crippen LogP contribution in [0.5, 0.6) is 0 Å². The number of carbonyl (C=O) groups excluding carboxylic acids is 1. The molecule has 0 atom stereocenters. The Morgan fingerprint density at radius 3 is 2.95 bits per heavy atom. The molecule has 2 heterocycles. The zero-order chi connectivity index (χ0) is 15.4. The molecule has 0 saturated carbocycles. The van der Waals surface area contributed by atoms with Crippen LogP contribution in [0.15, 0.2) is 51.4 Å². The fourth-order valence-corrected chi connectivity index (χ4v) is 3.36. The summed E-state index contributed by atoms with van der Waals surface area (Å²) in [5.74, 6) is 0.881. The second-order valence-electron chi connectivity index (χ2n) is 4.26. The van der Waals surface area contributed by atoms with Crippen molar-refractivity contribution in [3.63, 3.8) is 0 Å². The maximum absolute atomic E-state index is 12.0. The van der Waals surface area contributed by atoms with Gasteiger partial charge in [-0.2, -0.15) is 0 Å². The Balaban J connectivity index is 1.56. The first-order valence-electron chi connectivity index (χ1n) is 6.36. The van der Waals surface area contributed by atoms with E-state index in [2.05, 4.69) is 36.4 Å². The minimum Gasteiger partial charge on any atom is -0.324 e. The number of hydrogen-bond acceptors (Lipinski definition) is 5. The van der Waals surface area contributed by atoms with Crippen molar-refractivity contribution in [2.24, 2.45) is 0 Å². The summed E-state index contributed by atoms with van der Waals surface area (Å²) < 4.78 is 0.853. The van der Waals surface area contributed by atoms with Crippen LogP contribution < -0.4 is 5.32 Å². The second-order valence-corrected chi connectivity index (χ2v) is 7.01. The molecule has 8 heteroatoms. The topological polar surface area (TPSA) is 70.7 Å². The first-order chi connectivity index (χ1) is 10.7. The van der Waals surface area contributed by atoms with Gasteiger partial charge in [0, 0.05) is 4.47 Å². The van der Waals surface area contributed by atoms with Crippen LogP contribution in [0.3, 0.4) is 0 Å². The summed E-state index contributed by atoms with van der Waals surface area (Å²) in [4.78, 5) is 17.3. The standard InChI is InChI=1S/C14H11BrN4OS2/c15-9-4-1-2-5-10(9)16-12(20)8-22-14-17-13(18-19-14)11-6-3-7-21-11/h1-7H,8H2,(H,16,20)(H,17,18,19). The molecule has 5 nitrogen and oxygen atoms in total. The van der Waals surface area contributed by atoms with Crippen LogP contribution in [-0.4, -0.2) is 26.8 Å². The van der Waals surface area contributed by atoms with Gasteiger partial charge in [0.1, 0.15) is 0 Å². The summed E-state index contributed by atoms with van der Waals surface area (Å²) in [6.07, 6.45) is 0. The Labute approximate surface area is 143 Å². The van der Waals surface area contributed by atoms with Gasteiger partial charge in [0.05, 0.1) is 16.3 Å². The Bertz CT molecular complexity index is 773. The van der Waals surface area contributed by atoms with Crippen LogP contribution in [0.1, 0.15) is 0 Å². The Hall–Kier alpha value is -1.64. The van der Waals surface area contributed by atoms with E-state index in [-0.39, 0.29) is 11.7 Å². The highest BCUT2D eigenvalue weighted by Crippen LogP contribution is 2.24. The number of benzene rings is 1. The van der Waals surface area contributed by atoms with E-state index < -0.39 is 0 Å². The van der Waals surface area contributed by atoms with E-state index in [0.29, 0.717) is 5.16 Å². The highest BCUT2D eigenvalue weighted by Gasteiger charge is 2.10. The third kappa shape index (κ3) is 3.76. The Morgan fingerprint density at radius 2 is 2.18 bits per heavy atom. The quantitative estimate of drug-likeness (QED) is 0.640. The number of thioether (sulfide) groups is 1. The highest BCUT2D eigenvalue weighted by atomic mass is 79.9. The summed E-state index contributed by atoms with van der Waals surface area (Å²) >= 11 is 6.28. The number of nitrogens with one attached hydrogen (secondary N) is 2. The van der Waals surface area contributed by atoms with Crippen molar-refractivity contribution in [2.45, 2.75) is 5.16 Å². The van der Waals surface area contributed by atoms with E-state index in [9.17, 15) is 4.79 Å². The van der Waals surface area contributed by atoms with Crippen LogP contribution in [0.2, 0.25) is 0 Å². The van der Waals surface area contributed by atoms with Gasteiger partial charge in [-0.15, -0.1) is 16.4 Å². The van der Waals surface area contributed by atoms with Crippen molar-refractivity contribution in [1.29, 1.82) is 0 Å². The Morgan fingerprint density at radius 1 is 1.32 bits per heavy atom. The first-order valence-corrected chi connectivity index (χ1v) is 9.01. The highest BCUT2D eigenvalue weighted by molar-refractivity contribution is 9.10. The van der Waals surface area contributed by atoms with Crippen LogP contribution in [-0.2, 0) is 4.79 Å². The van der Waals surface area contributed by atoms with Crippen molar-refractivity contribution in [3.05, 3.63) is 46.3 Å². The lowest BCUT2D eigenvalue weighted by molar-refractivity contribution is -0.113. The number of H-pyrrole nitrogens is 1. The van der Waals surface area contributed by atoms with Gasteiger partial charge in [-0.1, -0.05) is 30.0 Å². The van der Waals surface area contributed by atoms with Crippen LogP contribution in [0.4, 0.5) is 5.69 Å². The van der Waals surface area contributed by atoms with Gasteiger partial charge in [-0.25, -0.2) is 4.98 Å². The van der Waals surface area contributed by atoms with Gasteiger partial charge < -0.3 is 5.32 Å². The lowest BCUT2D eigenvalue weighted by Crippen LogP contribution is -2.14. The molecule has 22 heavy (non-hydrogen) atoms. The van der Waals surface area contributed by atoms with Crippen LogP contribution in [0, 0.1) is 0 Å². The number of hydrogen-bond donors (Lipinski definition) is 2. The number of carbonyl (C=O) groups is 1. The summed E-state index contributed by atoms with van der Waals surface area (Å²) in [6.45, 7) is 0. The minimum atomic E-state index is -0.0978. The largest absolute Gasteiger partial charge is 0.324 e. The van der Waals surface area contributed by atoms with Gasteiger partial charge in [0.15, 0.2) is 5.82 Å². The van der Waals surface area contributed by atoms with Gasteiger partial charge in [-0.05, 0) is 39.5 Å². The van der Waals surface area contributed by atoms with Gasteiger partial charge >= 0.3 is 0 Å². The average molecular weight is 395 g/mol. The normalized spacial score (nSPS) is 10.6. The van der Waals surface area contributed by atoms with Crippen LogP contribution >= 0.6 is 39.0 Å². The molecule has 3 rings (SSSR count). The van der Waals surface area contributed by atoms with Crippen molar-refractivity contribution >= 4 is 50.6 Å². The molecule has 112 valence electrons. The molecule has 1 amide bonds. The zero-order valence-electron chi connectivity index (χ0n) is 11.2. The predicted molar refractivity (Wildman–Crippen MR) is 93.2 cm³/mol. The molecule has 0 unspecified atom stereocenters. The number of halogens is 1. The maximum Gasteiger partial charge on any atom is 0.234 e. The molecule has 3 aromatic rings. The predicted octanol–water partition coefficient (Wildman–Crippen LogP) is 4.03. The van der Waals surface area contributed by atoms with Gasteiger partial charge in [0.2, 0.25) is 11.1 Å². The summed E-state index contributed by atoms with van der Waals surface area (Å²) in [5, 5.41) is 12.4. The molecule has 0 aliphatic heterocycles. The zero-order valence-corrected chi connectivity index (χ0v) is 14.5. The maximum atomic E-state index is 12.0. The third-order valence-electron chi connectivity index (χ3n) is 2.70. The second kappa shape index (κ2) is 7.08. The molecular formula is C14H11BrN4OS2. The monoisotopic (exact) mass is 394 g/mol. The summed E-state index contributed by atoms with van der Waals surface area (Å²) in [6, 6.07) is 11.4. The molecule has 2 N–H and O–H groups in total. The molecule has 2 aromatic heterocycles. The summed E-state index contributed by atoms with van der Waals surface area (Å²) in [5.41, 5.74) is 0.752. The smallest absolute Gasteiger partial charge is 0.234 e. The fraction of sp³-hybridized carbons (Fsp3) is 0.0714. The lowest BCUT2D eigenvalue weighted by Gasteiger charge is -2.05. The molecule has 1 aromatic carbocycles. The SMILES string of the molecule is O=C(CSc1n[nH]c(-c2cccs2)n1)Nc1ccccc1Br. The van der Waals surface area contributed by atoms with E-state index in [1.807, 2.05) is 41.8 Å². The number of rotatable bonds is 5.